The quantitative estimate of drug-likeness (QED) is 0.611. The lowest BCUT2D eigenvalue weighted by atomic mass is 9.66. The Balaban J connectivity index is 2.64. The topological polar surface area (TPSA) is 20.3 Å². The van der Waals surface area contributed by atoms with Crippen LogP contribution in [0.3, 0.4) is 0 Å². The van der Waals surface area contributed by atoms with E-state index in [1.807, 2.05) is 42.5 Å². The summed E-state index contributed by atoms with van der Waals surface area (Å²) >= 11 is 0. The first-order valence-electron chi connectivity index (χ1n) is 8.94. The van der Waals surface area contributed by atoms with Crippen LogP contribution in [0.25, 0.3) is 0 Å². The van der Waals surface area contributed by atoms with Gasteiger partial charge < -0.3 is 4.90 Å². The Morgan fingerprint density at radius 2 is 1.52 bits per heavy atom. The van der Waals surface area contributed by atoms with E-state index in [1.165, 1.54) is 0 Å². The molecule has 0 saturated heterocycles. The zero-order valence-corrected chi connectivity index (χ0v) is 15.6. The summed E-state index contributed by atoms with van der Waals surface area (Å²) in [5.74, 6) is 0.262. The van der Waals surface area contributed by atoms with Gasteiger partial charge in [-0.25, -0.2) is 0 Å². The number of hydrogen-bond donors (Lipinski definition) is 0. The van der Waals surface area contributed by atoms with E-state index in [9.17, 15) is 4.79 Å². The molecule has 0 bridgehead atoms. The Morgan fingerprint density at radius 1 is 1.04 bits per heavy atom. The molecule has 0 radical (unpaired) electrons. The van der Waals surface area contributed by atoms with E-state index in [1.54, 1.807) is 0 Å². The van der Waals surface area contributed by atoms with Gasteiger partial charge in [0, 0.05) is 12.5 Å². The van der Waals surface area contributed by atoms with E-state index in [4.69, 9.17) is 0 Å². The molecule has 25 heavy (non-hydrogen) atoms. The predicted octanol–water partition coefficient (Wildman–Crippen LogP) is 4.85. The number of Topliss-reactive ketones (excluding diaryl/α,β-unsaturated/α-hetero) is 1. The average Bonchev–Trinajstić information content (AvgIpc) is 2.65. The second-order valence-electron chi connectivity index (χ2n) is 6.90. The molecule has 2 aromatic rings. The Bertz CT molecular complexity index is 636. The van der Waals surface area contributed by atoms with Crippen LogP contribution < -0.4 is 0 Å². The summed E-state index contributed by atoms with van der Waals surface area (Å²) < 4.78 is 0. The smallest absolute Gasteiger partial charge is 0.148 e. The van der Waals surface area contributed by atoms with E-state index in [-0.39, 0.29) is 11.8 Å². The summed E-state index contributed by atoms with van der Waals surface area (Å²) in [5.41, 5.74) is 1.52. The van der Waals surface area contributed by atoms with Gasteiger partial charge in [0.05, 0.1) is 5.41 Å². The SMILES string of the molecule is C=CCCC(=O)C(C[C@H](C)N(C)C)(c1ccccc1)c1ccccc1. The van der Waals surface area contributed by atoms with Gasteiger partial charge in [-0.1, -0.05) is 66.7 Å². The third kappa shape index (κ3) is 4.26. The zero-order chi connectivity index (χ0) is 18.3. The number of carbonyl (C=O) groups is 1. The van der Waals surface area contributed by atoms with E-state index < -0.39 is 5.41 Å². The van der Waals surface area contributed by atoms with Crippen molar-refractivity contribution in [1.29, 1.82) is 0 Å². The maximum Gasteiger partial charge on any atom is 0.148 e. The van der Waals surface area contributed by atoms with Crippen molar-refractivity contribution >= 4 is 5.78 Å². The monoisotopic (exact) mass is 335 g/mol. The van der Waals surface area contributed by atoms with Gasteiger partial charge in [-0.2, -0.15) is 0 Å². The van der Waals surface area contributed by atoms with Crippen LogP contribution in [0.5, 0.6) is 0 Å². The molecule has 0 amide bonds. The fraction of sp³-hybridized carbons (Fsp3) is 0.348. The highest BCUT2D eigenvalue weighted by molar-refractivity contribution is 5.94. The van der Waals surface area contributed by atoms with Gasteiger partial charge in [-0.05, 0) is 45.0 Å². The summed E-state index contributed by atoms with van der Waals surface area (Å²) in [5, 5.41) is 0. The van der Waals surface area contributed by atoms with Gasteiger partial charge >= 0.3 is 0 Å². The number of nitrogens with zero attached hydrogens (tertiary/aromatic N) is 1. The highest BCUT2D eigenvalue weighted by Crippen LogP contribution is 2.39. The van der Waals surface area contributed by atoms with Crippen LogP contribution in [0, 0.1) is 0 Å². The Kier molecular flexibility index (Phi) is 6.72. The van der Waals surface area contributed by atoms with Crippen LogP contribution in [0.2, 0.25) is 0 Å². The van der Waals surface area contributed by atoms with Crippen molar-refractivity contribution in [3.63, 3.8) is 0 Å². The molecule has 0 fully saturated rings. The molecular formula is C23H29NO. The summed E-state index contributed by atoms with van der Waals surface area (Å²) in [7, 11) is 4.14. The second-order valence-corrected chi connectivity index (χ2v) is 6.90. The van der Waals surface area contributed by atoms with Crippen molar-refractivity contribution < 1.29 is 4.79 Å². The molecule has 2 heteroatoms. The number of rotatable bonds is 9. The fourth-order valence-electron chi connectivity index (χ4n) is 3.36. The molecule has 0 N–H and O–H groups in total. The molecular weight excluding hydrogens is 306 g/mol. The fourth-order valence-corrected chi connectivity index (χ4v) is 3.36. The summed E-state index contributed by atoms with van der Waals surface area (Å²) in [6.45, 7) is 5.97. The van der Waals surface area contributed by atoms with Crippen LogP contribution in [-0.4, -0.2) is 30.8 Å². The summed E-state index contributed by atoms with van der Waals surface area (Å²) in [4.78, 5) is 15.7. The van der Waals surface area contributed by atoms with Gasteiger partial charge in [0.15, 0.2) is 0 Å². The molecule has 1 atom stereocenters. The molecule has 0 aliphatic heterocycles. The summed E-state index contributed by atoms with van der Waals surface area (Å²) in [6, 6.07) is 20.7. The Hall–Kier alpha value is -2.19. The van der Waals surface area contributed by atoms with Gasteiger partial charge in [0.25, 0.3) is 0 Å². The van der Waals surface area contributed by atoms with Crippen molar-refractivity contribution in [2.45, 2.75) is 37.6 Å². The number of hydrogen-bond acceptors (Lipinski definition) is 2. The van der Waals surface area contributed by atoms with Gasteiger partial charge in [0.2, 0.25) is 0 Å². The van der Waals surface area contributed by atoms with Crippen LogP contribution in [-0.2, 0) is 10.2 Å². The van der Waals surface area contributed by atoms with Gasteiger partial charge in [0.1, 0.15) is 5.78 Å². The molecule has 0 aliphatic carbocycles. The first-order chi connectivity index (χ1) is 12.0. The van der Waals surface area contributed by atoms with Crippen LogP contribution in [0.15, 0.2) is 73.3 Å². The molecule has 0 unspecified atom stereocenters. The number of allylic oxidation sites excluding steroid dienone is 1. The molecule has 0 aliphatic rings. The van der Waals surface area contributed by atoms with E-state index >= 15 is 0 Å². The average molecular weight is 335 g/mol. The largest absolute Gasteiger partial charge is 0.307 e. The number of benzene rings is 2. The normalized spacial score (nSPS) is 12.8. The van der Waals surface area contributed by atoms with Crippen LogP contribution in [0.4, 0.5) is 0 Å². The van der Waals surface area contributed by atoms with E-state index in [0.29, 0.717) is 12.8 Å². The standard InChI is InChI=1S/C23H29NO/c1-5-6-17-22(25)23(18-19(2)24(3)4,20-13-9-7-10-14-20)21-15-11-8-12-16-21/h5,7-16,19H,1,6,17-18H2,2-4H3/t19-/m0/s1. The van der Waals surface area contributed by atoms with E-state index in [2.05, 4.69) is 56.8 Å². The van der Waals surface area contributed by atoms with Crippen LogP contribution in [0.1, 0.15) is 37.3 Å². The zero-order valence-electron chi connectivity index (χ0n) is 15.6. The van der Waals surface area contributed by atoms with Crippen LogP contribution >= 0.6 is 0 Å². The Morgan fingerprint density at radius 3 is 1.92 bits per heavy atom. The van der Waals surface area contributed by atoms with Crippen molar-refractivity contribution in [1.82, 2.24) is 4.90 Å². The molecule has 0 aromatic heterocycles. The van der Waals surface area contributed by atoms with Crippen molar-refractivity contribution in [2.24, 2.45) is 0 Å². The number of carbonyl (C=O) groups excluding carboxylic acids is 1. The third-order valence-electron chi connectivity index (χ3n) is 5.07. The highest BCUT2D eigenvalue weighted by Gasteiger charge is 2.42. The maximum absolute atomic E-state index is 13.5. The van der Waals surface area contributed by atoms with Crippen molar-refractivity contribution in [3.05, 3.63) is 84.4 Å². The Labute approximate surface area is 152 Å². The highest BCUT2D eigenvalue weighted by atomic mass is 16.1. The summed E-state index contributed by atoms with van der Waals surface area (Å²) in [6.07, 6.45) is 3.79. The lowest BCUT2D eigenvalue weighted by molar-refractivity contribution is -0.123. The van der Waals surface area contributed by atoms with Gasteiger partial charge in [-0.15, -0.1) is 6.58 Å². The molecule has 0 saturated carbocycles. The second kappa shape index (κ2) is 8.77. The number of ketones is 1. The predicted molar refractivity (Wildman–Crippen MR) is 106 cm³/mol. The molecule has 0 spiro atoms. The first kappa shape index (κ1) is 19.1. The minimum absolute atomic E-state index is 0.262. The first-order valence-corrected chi connectivity index (χ1v) is 8.94. The molecule has 132 valence electrons. The van der Waals surface area contributed by atoms with E-state index in [0.717, 1.165) is 17.5 Å². The molecule has 2 nitrogen and oxygen atoms in total. The van der Waals surface area contributed by atoms with Gasteiger partial charge in [-0.3, -0.25) is 4.79 Å². The maximum atomic E-state index is 13.5. The molecule has 2 rings (SSSR count). The van der Waals surface area contributed by atoms with Crippen molar-refractivity contribution in [3.8, 4) is 0 Å². The lowest BCUT2D eigenvalue weighted by Crippen LogP contribution is -2.43. The molecule has 0 heterocycles. The lowest BCUT2D eigenvalue weighted by Gasteiger charge is -2.37. The minimum Gasteiger partial charge on any atom is -0.307 e. The van der Waals surface area contributed by atoms with Crippen molar-refractivity contribution in [2.75, 3.05) is 14.1 Å². The minimum atomic E-state index is -0.630. The molecule has 2 aromatic carbocycles. The third-order valence-corrected chi connectivity index (χ3v) is 5.07.